The summed E-state index contributed by atoms with van der Waals surface area (Å²) >= 11 is 1.51. The first-order chi connectivity index (χ1) is 13.8. The Balaban J connectivity index is 1.60. The number of hydrogen-bond acceptors (Lipinski definition) is 6. The van der Waals surface area contributed by atoms with Crippen LogP contribution in [0.15, 0.2) is 41.2 Å². The molecule has 7 nitrogen and oxygen atoms in total. The van der Waals surface area contributed by atoms with Gasteiger partial charge in [0, 0.05) is 12.6 Å². The van der Waals surface area contributed by atoms with Crippen molar-refractivity contribution in [2.75, 3.05) is 6.54 Å². The van der Waals surface area contributed by atoms with Gasteiger partial charge in [-0.15, -0.1) is 11.3 Å². The third-order valence-electron chi connectivity index (χ3n) is 4.14. The molecule has 3 aromatic rings. The molecule has 0 radical (unpaired) electrons. The van der Waals surface area contributed by atoms with Gasteiger partial charge in [0.25, 0.3) is 11.5 Å². The number of thiazole rings is 1. The van der Waals surface area contributed by atoms with E-state index < -0.39 is 17.8 Å². The zero-order valence-electron chi connectivity index (χ0n) is 16.3. The molecule has 2 heterocycles. The minimum absolute atomic E-state index is 0.0101. The van der Waals surface area contributed by atoms with Gasteiger partial charge < -0.3 is 10.1 Å². The highest BCUT2D eigenvalue weighted by molar-refractivity contribution is 7.15. The van der Waals surface area contributed by atoms with E-state index in [-0.39, 0.29) is 24.4 Å². The number of aryl methyl sites for hydroxylation is 2. The second kappa shape index (κ2) is 8.95. The van der Waals surface area contributed by atoms with Crippen molar-refractivity contribution in [2.24, 2.45) is 0 Å². The average Bonchev–Trinajstić information content (AvgIpc) is 3.03. The number of carbonyl (C=O) groups excluding carboxylic acids is 1. The lowest BCUT2D eigenvalue weighted by Gasteiger charge is -2.15. The quantitative estimate of drug-likeness (QED) is 0.640. The molecule has 3 rings (SSSR count). The number of amides is 1. The average molecular weight is 416 g/mol. The summed E-state index contributed by atoms with van der Waals surface area (Å²) in [5.74, 6) is -0.935. The van der Waals surface area contributed by atoms with E-state index in [1.807, 2.05) is 13.8 Å². The van der Waals surface area contributed by atoms with Gasteiger partial charge in [0.05, 0.1) is 22.1 Å². The number of nitrogens with one attached hydrogen (secondary N) is 1. The second-order valence-corrected chi connectivity index (χ2v) is 7.61. The minimum atomic E-state index is -0.884. The first kappa shape index (κ1) is 20.7. The van der Waals surface area contributed by atoms with E-state index >= 15 is 0 Å². The number of rotatable bonds is 7. The largest absolute Gasteiger partial charge is 0.478 e. The van der Waals surface area contributed by atoms with E-state index in [1.165, 1.54) is 41.1 Å². The van der Waals surface area contributed by atoms with Crippen LogP contribution in [0, 0.1) is 19.7 Å². The molecule has 0 aliphatic carbocycles. The van der Waals surface area contributed by atoms with Crippen molar-refractivity contribution in [1.82, 2.24) is 20.1 Å². The van der Waals surface area contributed by atoms with E-state index in [2.05, 4.69) is 15.4 Å². The molecule has 0 aliphatic rings. The van der Waals surface area contributed by atoms with Gasteiger partial charge in [-0.2, -0.15) is 5.10 Å². The Morgan fingerprint density at radius 2 is 2.03 bits per heavy atom. The van der Waals surface area contributed by atoms with Crippen LogP contribution in [0.25, 0.3) is 10.6 Å². The van der Waals surface area contributed by atoms with Gasteiger partial charge in [-0.05, 0) is 39.0 Å². The first-order valence-electron chi connectivity index (χ1n) is 9.06. The highest BCUT2D eigenvalue weighted by Gasteiger charge is 2.16. The van der Waals surface area contributed by atoms with Crippen molar-refractivity contribution < 1.29 is 13.9 Å². The summed E-state index contributed by atoms with van der Waals surface area (Å²) in [6.45, 7) is 5.72. The second-order valence-electron chi connectivity index (χ2n) is 6.41. The molecule has 0 aliphatic heterocycles. The van der Waals surface area contributed by atoms with Crippen LogP contribution in [-0.4, -0.2) is 33.3 Å². The van der Waals surface area contributed by atoms with Gasteiger partial charge in [-0.25, -0.2) is 14.1 Å². The maximum absolute atomic E-state index is 13.6. The Kier molecular flexibility index (Phi) is 6.38. The molecule has 1 unspecified atom stereocenters. The topological polar surface area (TPSA) is 86.1 Å². The van der Waals surface area contributed by atoms with Crippen molar-refractivity contribution in [3.63, 3.8) is 0 Å². The smallest absolute Gasteiger partial charge is 0.266 e. The fraction of sp³-hybridized carbons (Fsp3) is 0.300. The summed E-state index contributed by atoms with van der Waals surface area (Å²) in [6, 6.07) is 9.00. The number of para-hydroxylation sites is 1. The molecule has 0 spiro atoms. The molecule has 1 amide bonds. The van der Waals surface area contributed by atoms with Crippen LogP contribution >= 0.6 is 11.3 Å². The van der Waals surface area contributed by atoms with Gasteiger partial charge in [0.15, 0.2) is 17.7 Å². The molecule has 29 heavy (non-hydrogen) atoms. The minimum Gasteiger partial charge on any atom is -0.478 e. The summed E-state index contributed by atoms with van der Waals surface area (Å²) < 4.78 is 20.3. The number of carbonyl (C=O) groups is 1. The SMILES string of the molecule is Cc1nc(C)c(-c2ccc(=O)n(CCNC(=O)C(C)Oc3ccccc3F)n2)s1. The number of aromatic nitrogens is 3. The van der Waals surface area contributed by atoms with E-state index in [4.69, 9.17) is 4.74 Å². The van der Waals surface area contributed by atoms with Crippen LogP contribution in [0.4, 0.5) is 4.39 Å². The van der Waals surface area contributed by atoms with Gasteiger partial charge in [-0.3, -0.25) is 9.59 Å². The number of ether oxygens (including phenoxy) is 1. The number of benzene rings is 1. The fourth-order valence-electron chi connectivity index (χ4n) is 2.71. The summed E-state index contributed by atoms with van der Waals surface area (Å²) in [6.07, 6.45) is -0.884. The molecular formula is C20H21FN4O3S. The molecule has 1 atom stereocenters. The molecule has 0 saturated carbocycles. The van der Waals surface area contributed by atoms with Crippen molar-refractivity contribution in [3.8, 4) is 16.3 Å². The Morgan fingerprint density at radius 3 is 2.72 bits per heavy atom. The predicted molar refractivity (Wildman–Crippen MR) is 109 cm³/mol. The summed E-state index contributed by atoms with van der Waals surface area (Å²) in [5, 5.41) is 7.98. The molecule has 0 bridgehead atoms. The maximum Gasteiger partial charge on any atom is 0.266 e. The summed E-state index contributed by atoms with van der Waals surface area (Å²) in [5.41, 5.74) is 1.26. The van der Waals surface area contributed by atoms with Crippen LogP contribution in [0.3, 0.4) is 0 Å². The predicted octanol–water partition coefficient (Wildman–Crippen LogP) is 2.71. The molecule has 9 heteroatoms. The van der Waals surface area contributed by atoms with Gasteiger partial charge in [-0.1, -0.05) is 12.1 Å². The summed E-state index contributed by atoms with van der Waals surface area (Å²) in [7, 11) is 0. The van der Waals surface area contributed by atoms with E-state index in [1.54, 1.807) is 18.2 Å². The first-order valence-corrected chi connectivity index (χ1v) is 9.88. The number of nitrogens with zero attached hydrogens (tertiary/aromatic N) is 3. The molecule has 1 aromatic carbocycles. The normalized spacial score (nSPS) is 11.9. The molecule has 2 aromatic heterocycles. The van der Waals surface area contributed by atoms with Gasteiger partial charge in [0.2, 0.25) is 0 Å². The molecule has 152 valence electrons. The Labute approximate surface area is 171 Å². The molecule has 0 saturated heterocycles. The third-order valence-corrected chi connectivity index (χ3v) is 5.23. The molecule has 0 fully saturated rings. The van der Waals surface area contributed by atoms with E-state index in [0.717, 1.165) is 15.6 Å². The number of halogens is 1. The van der Waals surface area contributed by atoms with Gasteiger partial charge in [0.1, 0.15) is 5.69 Å². The lowest BCUT2D eigenvalue weighted by Crippen LogP contribution is -2.39. The highest BCUT2D eigenvalue weighted by atomic mass is 32.1. The van der Waals surface area contributed by atoms with Crippen LogP contribution in [0.5, 0.6) is 5.75 Å². The van der Waals surface area contributed by atoms with Crippen LogP contribution in [0.1, 0.15) is 17.6 Å². The molecule has 1 N–H and O–H groups in total. The van der Waals surface area contributed by atoms with E-state index in [9.17, 15) is 14.0 Å². The van der Waals surface area contributed by atoms with Crippen molar-refractivity contribution in [1.29, 1.82) is 0 Å². The standard InChI is InChI=1S/C20H21FN4O3S/c1-12-19(29-14(3)23-12)16-8-9-18(26)25(24-16)11-10-22-20(27)13(2)28-17-7-5-4-6-15(17)21/h4-9,13H,10-11H2,1-3H3,(H,22,27). The van der Waals surface area contributed by atoms with Crippen LogP contribution in [-0.2, 0) is 11.3 Å². The third kappa shape index (κ3) is 5.05. The van der Waals surface area contributed by atoms with Crippen LogP contribution in [0.2, 0.25) is 0 Å². The Morgan fingerprint density at radius 1 is 1.28 bits per heavy atom. The Bertz CT molecular complexity index is 1080. The van der Waals surface area contributed by atoms with Gasteiger partial charge >= 0.3 is 0 Å². The monoisotopic (exact) mass is 416 g/mol. The lowest BCUT2D eigenvalue weighted by atomic mass is 10.3. The Hall–Kier alpha value is -3.07. The maximum atomic E-state index is 13.6. The van der Waals surface area contributed by atoms with Crippen molar-refractivity contribution in [2.45, 2.75) is 33.4 Å². The summed E-state index contributed by atoms with van der Waals surface area (Å²) in [4.78, 5) is 29.6. The van der Waals surface area contributed by atoms with Crippen molar-refractivity contribution in [3.05, 3.63) is 63.3 Å². The zero-order valence-corrected chi connectivity index (χ0v) is 17.1. The number of hydrogen-bond donors (Lipinski definition) is 1. The van der Waals surface area contributed by atoms with Crippen molar-refractivity contribution >= 4 is 17.2 Å². The lowest BCUT2D eigenvalue weighted by molar-refractivity contribution is -0.127. The molecular weight excluding hydrogens is 395 g/mol. The van der Waals surface area contributed by atoms with E-state index in [0.29, 0.717) is 5.69 Å². The fourth-order valence-corrected chi connectivity index (χ4v) is 3.60. The zero-order chi connectivity index (χ0) is 21.0. The van der Waals surface area contributed by atoms with Crippen LogP contribution < -0.4 is 15.6 Å². The highest BCUT2D eigenvalue weighted by Crippen LogP contribution is 2.27.